The fraction of sp³-hybridized carbons (Fsp3) is 0.480. The van der Waals surface area contributed by atoms with Gasteiger partial charge in [-0.25, -0.2) is 0 Å². The fourth-order valence-corrected chi connectivity index (χ4v) is 3.87. The zero-order valence-electron chi connectivity index (χ0n) is 19.0. The van der Waals surface area contributed by atoms with Crippen LogP contribution in [-0.4, -0.2) is 42.5 Å². The van der Waals surface area contributed by atoms with Gasteiger partial charge in [0.25, 0.3) is 0 Å². The Bertz CT molecular complexity index is 864. The van der Waals surface area contributed by atoms with Gasteiger partial charge in [-0.2, -0.15) is 5.10 Å². The van der Waals surface area contributed by atoms with Gasteiger partial charge < -0.3 is 10.0 Å². The summed E-state index contributed by atoms with van der Waals surface area (Å²) in [5, 5.41) is 18.5. The highest BCUT2D eigenvalue weighted by atomic mass is 35.5. The van der Waals surface area contributed by atoms with Crippen LogP contribution in [0.5, 0.6) is 5.75 Å². The Labute approximate surface area is 186 Å². The van der Waals surface area contributed by atoms with Crippen molar-refractivity contribution in [3.63, 3.8) is 0 Å². The first kappa shape index (κ1) is 22.5. The van der Waals surface area contributed by atoms with E-state index >= 15 is 0 Å². The normalized spacial score (nSPS) is 15.8. The predicted molar refractivity (Wildman–Crippen MR) is 128 cm³/mol. The van der Waals surface area contributed by atoms with Gasteiger partial charge in [-0.3, -0.25) is 5.01 Å². The summed E-state index contributed by atoms with van der Waals surface area (Å²) in [6.07, 6.45) is 1.93. The van der Waals surface area contributed by atoms with Gasteiger partial charge in [0, 0.05) is 34.9 Å². The fourth-order valence-electron chi connectivity index (χ4n) is 3.74. The third-order valence-electron chi connectivity index (χ3n) is 5.57. The molecule has 1 heterocycles. The summed E-state index contributed by atoms with van der Waals surface area (Å²) in [5.41, 5.74) is 3.87. The molecule has 30 heavy (non-hydrogen) atoms. The van der Waals surface area contributed by atoms with E-state index < -0.39 is 0 Å². The molecule has 2 aromatic rings. The molecule has 1 aliphatic rings. The molecule has 3 rings (SSSR count). The van der Waals surface area contributed by atoms with E-state index in [0.717, 1.165) is 47.9 Å². The Morgan fingerprint density at radius 1 is 0.867 bits per heavy atom. The average Bonchev–Trinajstić information content (AvgIpc) is 2.66. The second kappa shape index (κ2) is 8.50. The lowest BCUT2D eigenvalue weighted by Gasteiger charge is -2.34. The maximum Gasteiger partial charge on any atom is 0.123 e. The second-order valence-electron chi connectivity index (χ2n) is 10.1. The number of piperazine rings is 1. The Morgan fingerprint density at radius 3 is 1.83 bits per heavy atom. The van der Waals surface area contributed by atoms with Gasteiger partial charge in [0.15, 0.2) is 0 Å². The summed E-state index contributed by atoms with van der Waals surface area (Å²) in [5.74, 6) is 0.406. The first-order chi connectivity index (χ1) is 13.9. The van der Waals surface area contributed by atoms with Crippen LogP contribution in [0.25, 0.3) is 0 Å². The summed E-state index contributed by atoms with van der Waals surface area (Å²) in [7, 11) is 0. The van der Waals surface area contributed by atoms with Crippen LogP contribution in [-0.2, 0) is 10.8 Å². The maximum atomic E-state index is 10.9. The van der Waals surface area contributed by atoms with E-state index in [1.807, 2.05) is 18.3 Å². The van der Waals surface area contributed by atoms with Crippen LogP contribution in [0.2, 0.25) is 5.02 Å². The maximum absolute atomic E-state index is 10.9. The van der Waals surface area contributed by atoms with Crippen molar-refractivity contribution in [1.29, 1.82) is 0 Å². The molecule has 1 fully saturated rings. The largest absolute Gasteiger partial charge is 0.507 e. The summed E-state index contributed by atoms with van der Waals surface area (Å²) >= 11 is 6.00. The van der Waals surface area contributed by atoms with E-state index in [1.165, 1.54) is 5.69 Å². The number of halogens is 1. The first-order valence-electron chi connectivity index (χ1n) is 10.6. The molecule has 1 saturated heterocycles. The van der Waals surface area contributed by atoms with E-state index in [2.05, 4.69) is 75.7 Å². The first-order valence-corrected chi connectivity index (χ1v) is 11.0. The quantitative estimate of drug-likeness (QED) is 0.629. The molecule has 0 aliphatic carbocycles. The smallest absolute Gasteiger partial charge is 0.123 e. The van der Waals surface area contributed by atoms with Gasteiger partial charge in [0.1, 0.15) is 5.75 Å². The van der Waals surface area contributed by atoms with Gasteiger partial charge in [-0.05, 0) is 52.8 Å². The van der Waals surface area contributed by atoms with E-state index in [-0.39, 0.29) is 10.8 Å². The Kier molecular flexibility index (Phi) is 6.37. The minimum atomic E-state index is -0.141. The van der Waals surface area contributed by atoms with Crippen molar-refractivity contribution in [1.82, 2.24) is 5.01 Å². The van der Waals surface area contributed by atoms with Crippen molar-refractivity contribution in [2.45, 2.75) is 52.4 Å². The summed E-state index contributed by atoms with van der Waals surface area (Å²) in [4.78, 5) is 2.36. The third-order valence-corrected chi connectivity index (χ3v) is 5.82. The van der Waals surface area contributed by atoms with Crippen LogP contribution in [0, 0.1) is 0 Å². The Morgan fingerprint density at radius 2 is 1.37 bits per heavy atom. The van der Waals surface area contributed by atoms with Crippen molar-refractivity contribution < 1.29 is 5.11 Å². The number of aromatic hydroxyl groups is 1. The van der Waals surface area contributed by atoms with Gasteiger partial charge in [-0.15, -0.1) is 0 Å². The molecule has 0 aromatic heterocycles. The molecule has 0 radical (unpaired) electrons. The number of nitrogens with zero attached hydrogens (tertiary/aromatic N) is 3. The van der Waals surface area contributed by atoms with E-state index in [9.17, 15) is 5.11 Å². The summed E-state index contributed by atoms with van der Waals surface area (Å²) in [6, 6.07) is 12.1. The monoisotopic (exact) mass is 427 g/mol. The van der Waals surface area contributed by atoms with Gasteiger partial charge in [-0.1, -0.05) is 53.1 Å². The number of rotatable bonds is 3. The molecule has 2 aromatic carbocycles. The number of anilines is 1. The Hall–Kier alpha value is -2.20. The molecule has 1 aliphatic heterocycles. The molecule has 0 amide bonds. The van der Waals surface area contributed by atoms with Crippen LogP contribution in [0.1, 0.15) is 58.2 Å². The molecule has 0 bridgehead atoms. The predicted octanol–water partition coefficient (Wildman–Crippen LogP) is 5.80. The number of phenols is 1. The van der Waals surface area contributed by atoms with Gasteiger partial charge >= 0.3 is 0 Å². The zero-order chi connectivity index (χ0) is 22.1. The van der Waals surface area contributed by atoms with Crippen molar-refractivity contribution in [2.75, 3.05) is 31.1 Å². The van der Waals surface area contributed by atoms with Gasteiger partial charge in [0.05, 0.1) is 19.3 Å². The highest BCUT2D eigenvalue weighted by Crippen LogP contribution is 2.39. The SMILES string of the molecule is CC(C)(C)c1cc(C=NN2CCN(c3ccc(Cl)cc3)CC2)cc(C(C)(C)C)c1O. The van der Waals surface area contributed by atoms with E-state index in [4.69, 9.17) is 16.7 Å². The topological polar surface area (TPSA) is 39.1 Å². The van der Waals surface area contributed by atoms with Crippen LogP contribution >= 0.6 is 11.6 Å². The second-order valence-corrected chi connectivity index (χ2v) is 10.6. The van der Waals surface area contributed by atoms with Crippen LogP contribution in [0.4, 0.5) is 5.69 Å². The summed E-state index contributed by atoms with van der Waals surface area (Å²) < 4.78 is 0. The van der Waals surface area contributed by atoms with Crippen LogP contribution < -0.4 is 4.90 Å². The van der Waals surface area contributed by atoms with Crippen LogP contribution in [0.15, 0.2) is 41.5 Å². The molecular weight excluding hydrogens is 394 g/mol. The summed E-state index contributed by atoms with van der Waals surface area (Å²) in [6.45, 7) is 16.4. The minimum absolute atomic E-state index is 0.141. The third kappa shape index (κ3) is 5.28. The highest BCUT2D eigenvalue weighted by molar-refractivity contribution is 6.30. The lowest BCUT2D eigenvalue weighted by atomic mass is 9.78. The number of hydrogen-bond donors (Lipinski definition) is 1. The lowest BCUT2D eigenvalue weighted by Crippen LogP contribution is -2.44. The number of phenolic OH excluding ortho intramolecular Hbond substituents is 1. The standard InChI is InChI=1S/C25H34ClN3O/c1-24(2,3)21-15-18(16-22(23(21)30)25(4,5)6)17-27-29-13-11-28(12-14-29)20-9-7-19(26)8-10-20/h7-10,15-17,30H,11-14H2,1-6H3. The molecule has 0 unspecified atom stereocenters. The van der Waals surface area contributed by atoms with E-state index in [0.29, 0.717) is 5.75 Å². The molecule has 5 heteroatoms. The highest BCUT2D eigenvalue weighted by Gasteiger charge is 2.26. The molecule has 162 valence electrons. The number of hydrazone groups is 1. The molecule has 0 atom stereocenters. The average molecular weight is 428 g/mol. The minimum Gasteiger partial charge on any atom is -0.507 e. The van der Waals surface area contributed by atoms with Crippen LogP contribution in [0.3, 0.4) is 0 Å². The zero-order valence-corrected chi connectivity index (χ0v) is 19.8. The molecule has 0 saturated carbocycles. The molecular formula is C25H34ClN3O. The van der Waals surface area contributed by atoms with E-state index in [1.54, 1.807) is 0 Å². The number of hydrogen-bond acceptors (Lipinski definition) is 4. The molecule has 0 spiro atoms. The van der Waals surface area contributed by atoms with Crippen molar-refractivity contribution >= 4 is 23.5 Å². The Balaban J connectivity index is 1.75. The van der Waals surface area contributed by atoms with Crippen molar-refractivity contribution in [2.24, 2.45) is 5.10 Å². The lowest BCUT2D eigenvalue weighted by molar-refractivity contribution is 0.272. The molecule has 4 nitrogen and oxygen atoms in total. The van der Waals surface area contributed by atoms with Crippen molar-refractivity contribution in [3.8, 4) is 5.75 Å². The molecule has 1 N–H and O–H groups in total. The van der Waals surface area contributed by atoms with Crippen molar-refractivity contribution in [3.05, 3.63) is 58.1 Å². The van der Waals surface area contributed by atoms with Gasteiger partial charge in [0.2, 0.25) is 0 Å². The number of benzene rings is 2.